The first-order valence-corrected chi connectivity index (χ1v) is 9.11. The van der Waals surface area contributed by atoms with Gasteiger partial charge in [-0.1, -0.05) is 60.7 Å². The molecule has 152 valence electrons. The molecule has 0 aromatic heterocycles. The molecule has 0 aliphatic rings. The Labute approximate surface area is 170 Å². The number of carbonyl (C=O) groups is 3. The van der Waals surface area contributed by atoms with Crippen LogP contribution in [-0.4, -0.2) is 23.5 Å². The molecule has 6 heteroatoms. The molecule has 2 aromatic carbocycles. The molecule has 0 atom stereocenters. The second-order valence-corrected chi connectivity index (χ2v) is 7.21. The minimum Gasteiger partial charge on any atom is -0.457 e. The summed E-state index contributed by atoms with van der Waals surface area (Å²) < 4.78 is 15.5. The fraction of sp³-hybridized carbons (Fsp3) is 0.261. The lowest BCUT2D eigenvalue weighted by Crippen LogP contribution is -2.25. The van der Waals surface area contributed by atoms with Crippen molar-refractivity contribution in [2.75, 3.05) is 0 Å². The molecule has 0 N–H and O–H groups in total. The highest BCUT2D eigenvalue weighted by molar-refractivity contribution is 6.17. The van der Waals surface area contributed by atoms with Gasteiger partial charge in [0.15, 0.2) is 5.57 Å². The zero-order valence-electron chi connectivity index (χ0n) is 16.7. The van der Waals surface area contributed by atoms with Gasteiger partial charge in [-0.3, -0.25) is 0 Å². The standard InChI is InChI=1S/C23H24O6/c1-23(2,3)29-20(24)14-19(21(25)27-15-17-10-6-4-7-11-17)22(26)28-16-18-12-8-5-9-13-18/h4-14H,15-16H2,1-3H3. The lowest BCUT2D eigenvalue weighted by atomic mass is 10.2. The van der Waals surface area contributed by atoms with Crippen molar-refractivity contribution in [1.82, 2.24) is 0 Å². The van der Waals surface area contributed by atoms with Gasteiger partial charge in [-0.05, 0) is 31.9 Å². The number of ether oxygens (including phenoxy) is 3. The molecule has 6 nitrogen and oxygen atoms in total. The van der Waals surface area contributed by atoms with Crippen LogP contribution in [0, 0.1) is 0 Å². The number of benzene rings is 2. The topological polar surface area (TPSA) is 78.9 Å². The van der Waals surface area contributed by atoms with Gasteiger partial charge in [-0.2, -0.15) is 0 Å². The Morgan fingerprint density at radius 3 is 1.55 bits per heavy atom. The van der Waals surface area contributed by atoms with E-state index in [1.807, 2.05) is 12.1 Å². The molecule has 0 bridgehead atoms. The van der Waals surface area contributed by atoms with Crippen LogP contribution in [0.1, 0.15) is 31.9 Å². The van der Waals surface area contributed by atoms with E-state index in [2.05, 4.69) is 0 Å². The summed E-state index contributed by atoms with van der Waals surface area (Å²) in [6, 6.07) is 18.0. The van der Waals surface area contributed by atoms with E-state index in [1.54, 1.807) is 69.3 Å². The fourth-order valence-corrected chi connectivity index (χ4v) is 2.25. The van der Waals surface area contributed by atoms with Crippen molar-refractivity contribution in [1.29, 1.82) is 0 Å². The highest BCUT2D eigenvalue weighted by Gasteiger charge is 2.25. The maximum absolute atomic E-state index is 12.5. The van der Waals surface area contributed by atoms with Gasteiger partial charge < -0.3 is 14.2 Å². The average molecular weight is 396 g/mol. The molecule has 0 unspecified atom stereocenters. The van der Waals surface area contributed by atoms with Crippen molar-refractivity contribution in [3.63, 3.8) is 0 Å². The Hall–Kier alpha value is -3.41. The van der Waals surface area contributed by atoms with Crippen LogP contribution < -0.4 is 0 Å². The smallest absolute Gasteiger partial charge is 0.346 e. The molecule has 0 aliphatic carbocycles. The SMILES string of the molecule is CC(C)(C)OC(=O)C=C(C(=O)OCc1ccccc1)C(=O)OCc1ccccc1. The molecular formula is C23H24O6. The molecule has 0 amide bonds. The third-order valence-corrected chi connectivity index (χ3v) is 3.53. The minimum absolute atomic E-state index is 0.0443. The first kappa shape index (κ1) is 21.9. The Kier molecular flexibility index (Phi) is 7.71. The summed E-state index contributed by atoms with van der Waals surface area (Å²) in [7, 11) is 0. The molecule has 0 heterocycles. The van der Waals surface area contributed by atoms with E-state index in [4.69, 9.17) is 14.2 Å². The van der Waals surface area contributed by atoms with Gasteiger partial charge in [0, 0.05) is 6.08 Å². The quantitative estimate of drug-likeness (QED) is 0.233. The third-order valence-electron chi connectivity index (χ3n) is 3.53. The third kappa shape index (κ3) is 8.01. The van der Waals surface area contributed by atoms with Crippen molar-refractivity contribution < 1.29 is 28.6 Å². The van der Waals surface area contributed by atoms with Gasteiger partial charge in [0.1, 0.15) is 18.8 Å². The van der Waals surface area contributed by atoms with Gasteiger partial charge in [0.25, 0.3) is 0 Å². The van der Waals surface area contributed by atoms with E-state index in [1.165, 1.54) is 0 Å². The van der Waals surface area contributed by atoms with Gasteiger partial charge in [-0.25, -0.2) is 14.4 Å². The molecule has 0 spiro atoms. The Balaban J connectivity index is 2.11. The minimum atomic E-state index is -0.960. The molecule has 0 aliphatic heterocycles. The normalized spacial score (nSPS) is 10.6. The highest BCUT2D eigenvalue weighted by atomic mass is 16.6. The van der Waals surface area contributed by atoms with Crippen LogP contribution >= 0.6 is 0 Å². The van der Waals surface area contributed by atoms with Gasteiger partial charge in [-0.15, -0.1) is 0 Å². The van der Waals surface area contributed by atoms with E-state index in [0.717, 1.165) is 17.2 Å². The average Bonchev–Trinajstić information content (AvgIpc) is 2.68. The summed E-state index contributed by atoms with van der Waals surface area (Å²) in [4.78, 5) is 37.1. The lowest BCUT2D eigenvalue weighted by Gasteiger charge is -2.18. The fourth-order valence-electron chi connectivity index (χ4n) is 2.25. The molecule has 2 rings (SSSR count). The Morgan fingerprint density at radius 1 is 0.759 bits per heavy atom. The second-order valence-electron chi connectivity index (χ2n) is 7.21. The van der Waals surface area contributed by atoms with Crippen LogP contribution in [0.5, 0.6) is 0 Å². The van der Waals surface area contributed by atoms with E-state index in [-0.39, 0.29) is 13.2 Å². The van der Waals surface area contributed by atoms with E-state index in [0.29, 0.717) is 0 Å². The summed E-state index contributed by atoms with van der Waals surface area (Å²) in [6.45, 7) is 4.95. The van der Waals surface area contributed by atoms with Crippen LogP contribution in [0.4, 0.5) is 0 Å². The van der Waals surface area contributed by atoms with Crippen molar-refractivity contribution >= 4 is 17.9 Å². The maximum atomic E-state index is 12.5. The molecule has 0 saturated heterocycles. The largest absolute Gasteiger partial charge is 0.457 e. The van der Waals surface area contributed by atoms with Crippen molar-refractivity contribution in [2.45, 2.75) is 39.6 Å². The van der Waals surface area contributed by atoms with Crippen LogP contribution in [0.25, 0.3) is 0 Å². The van der Waals surface area contributed by atoms with Gasteiger partial charge in [0.2, 0.25) is 0 Å². The molecular weight excluding hydrogens is 372 g/mol. The molecule has 0 fully saturated rings. The van der Waals surface area contributed by atoms with Crippen molar-refractivity contribution in [3.8, 4) is 0 Å². The number of hydrogen-bond acceptors (Lipinski definition) is 6. The number of esters is 3. The Bertz CT molecular complexity index is 806. The zero-order chi connectivity index (χ0) is 21.3. The maximum Gasteiger partial charge on any atom is 0.346 e. The van der Waals surface area contributed by atoms with E-state index >= 15 is 0 Å². The number of hydrogen-bond donors (Lipinski definition) is 0. The van der Waals surface area contributed by atoms with E-state index < -0.39 is 29.1 Å². The molecule has 0 radical (unpaired) electrons. The van der Waals surface area contributed by atoms with Crippen LogP contribution in [-0.2, 0) is 41.8 Å². The number of rotatable bonds is 7. The van der Waals surface area contributed by atoms with Crippen LogP contribution in [0.15, 0.2) is 72.3 Å². The molecule has 2 aromatic rings. The van der Waals surface area contributed by atoms with Crippen molar-refractivity contribution in [2.24, 2.45) is 0 Å². The van der Waals surface area contributed by atoms with E-state index in [9.17, 15) is 14.4 Å². The summed E-state index contributed by atoms with van der Waals surface area (Å²) in [5, 5.41) is 0. The second kappa shape index (κ2) is 10.2. The Morgan fingerprint density at radius 2 is 1.17 bits per heavy atom. The predicted molar refractivity (Wildman–Crippen MR) is 106 cm³/mol. The van der Waals surface area contributed by atoms with Crippen molar-refractivity contribution in [3.05, 3.63) is 83.4 Å². The molecule has 29 heavy (non-hydrogen) atoms. The van der Waals surface area contributed by atoms with Gasteiger partial charge >= 0.3 is 17.9 Å². The van der Waals surface area contributed by atoms with Gasteiger partial charge in [0.05, 0.1) is 0 Å². The summed E-state index contributed by atoms with van der Waals surface area (Å²) in [5.74, 6) is -2.75. The summed E-state index contributed by atoms with van der Waals surface area (Å²) in [5.41, 5.74) is 0.192. The first-order chi connectivity index (χ1) is 13.7. The zero-order valence-corrected chi connectivity index (χ0v) is 16.7. The summed E-state index contributed by atoms with van der Waals surface area (Å²) >= 11 is 0. The van der Waals surface area contributed by atoms with Crippen LogP contribution in [0.2, 0.25) is 0 Å². The lowest BCUT2D eigenvalue weighted by molar-refractivity contribution is -0.152. The molecule has 0 saturated carbocycles. The predicted octanol–water partition coefficient (Wildman–Crippen LogP) is 3.74. The number of carbonyl (C=O) groups excluding carboxylic acids is 3. The van der Waals surface area contributed by atoms with Crippen LogP contribution in [0.3, 0.4) is 0 Å². The highest BCUT2D eigenvalue weighted by Crippen LogP contribution is 2.12. The first-order valence-electron chi connectivity index (χ1n) is 9.11. The summed E-state index contributed by atoms with van der Waals surface area (Å²) in [6.07, 6.45) is 0.811. The monoisotopic (exact) mass is 396 g/mol.